The Labute approximate surface area is 254 Å². The van der Waals surface area contributed by atoms with Crippen LogP contribution in [0.2, 0.25) is 5.02 Å². The minimum absolute atomic E-state index is 0.00573. The number of aromatic nitrogens is 4. The molecule has 2 aliphatic rings. The van der Waals surface area contributed by atoms with E-state index in [1.165, 1.54) is 31.4 Å². The molecule has 2 aromatic carbocycles. The first-order chi connectivity index (χ1) is 20.9. The molecule has 0 unspecified atom stereocenters. The number of hydrogen-bond donors (Lipinski definition) is 2. The molecule has 2 N–H and O–H groups in total. The number of carbonyl (C=O) groups is 1. The summed E-state index contributed by atoms with van der Waals surface area (Å²) in [5.41, 5.74) is 3.11. The van der Waals surface area contributed by atoms with Crippen LogP contribution >= 0.6 is 11.6 Å². The molecule has 0 atom stereocenters. The molecular formula is C30H34ClN9O3. The van der Waals surface area contributed by atoms with Gasteiger partial charge in [-0.15, -0.1) is 0 Å². The van der Waals surface area contributed by atoms with Crippen molar-refractivity contribution in [3.05, 3.63) is 81.1 Å². The van der Waals surface area contributed by atoms with Crippen LogP contribution in [0.1, 0.15) is 43.2 Å². The second kappa shape index (κ2) is 12.8. The summed E-state index contributed by atoms with van der Waals surface area (Å²) >= 11 is 6.41. The van der Waals surface area contributed by atoms with Gasteiger partial charge >= 0.3 is 6.03 Å². The number of imidazole rings is 1. The average molecular weight is 604 g/mol. The van der Waals surface area contributed by atoms with Crippen molar-refractivity contribution < 1.29 is 9.72 Å². The molecule has 12 nitrogen and oxygen atoms in total. The van der Waals surface area contributed by atoms with Crippen LogP contribution in [-0.4, -0.2) is 67.6 Å². The van der Waals surface area contributed by atoms with E-state index in [4.69, 9.17) is 21.6 Å². The lowest BCUT2D eigenvalue weighted by Gasteiger charge is -2.36. The van der Waals surface area contributed by atoms with Crippen molar-refractivity contribution in [3.63, 3.8) is 0 Å². The van der Waals surface area contributed by atoms with E-state index in [-0.39, 0.29) is 17.8 Å². The van der Waals surface area contributed by atoms with Gasteiger partial charge in [0.1, 0.15) is 0 Å². The summed E-state index contributed by atoms with van der Waals surface area (Å²) in [4.78, 5) is 42.0. The third kappa shape index (κ3) is 6.64. The fourth-order valence-corrected chi connectivity index (χ4v) is 5.88. The molecule has 0 radical (unpaired) electrons. The predicted octanol–water partition coefficient (Wildman–Crippen LogP) is 5.21. The largest absolute Gasteiger partial charge is 0.364 e. The lowest BCUT2D eigenvalue weighted by atomic mass is 9.96. The Morgan fingerprint density at radius 2 is 1.74 bits per heavy atom. The van der Waals surface area contributed by atoms with Crippen LogP contribution in [0.25, 0.3) is 11.2 Å². The molecule has 0 spiro atoms. The van der Waals surface area contributed by atoms with E-state index in [0.717, 1.165) is 24.0 Å². The Bertz CT molecular complexity index is 1600. The van der Waals surface area contributed by atoms with Crippen molar-refractivity contribution in [2.45, 2.75) is 51.2 Å². The number of piperazine rings is 1. The SMILES string of the molecule is O=C(NC1CCCCC1)N1CCN(c2nc(NCc3ccccc3Cl)c3ncn(Cc4ccc([N+](=O)[O-])cc4)c3n2)CC1. The molecular weight excluding hydrogens is 570 g/mol. The van der Waals surface area contributed by atoms with Gasteiger partial charge in [-0.1, -0.05) is 61.2 Å². The van der Waals surface area contributed by atoms with E-state index in [1.54, 1.807) is 18.5 Å². The molecule has 224 valence electrons. The zero-order valence-electron chi connectivity index (χ0n) is 23.8. The van der Waals surface area contributed by atoms with E-state index < -0.39 is 4.92 Å². The normalized spacial score (nSPS) is 15.9. The zero-order chi connectivity index (χ0) is 29.8. The number of halogens is 1. The maximum Gasteiger partial charge on any atom is 0.317 e. The molecule has 43 heavy (non-hydrogen) atoms. The lowest BCUT2D eigenvalue weighted by molar-refractivity contribution is -0.384. The number of carbonyl (C=O) groups excluding carboxylic acids is 1. The number of nitrogens with one attached hydrogen (secondary N) is 2. The number of rotatable bonds is 8. The maximum absolute atomic E-state index is 12.9. The Balaban J connectivity index is 1.23. The molecule has 6 rings (SSSR count). The van der Waals surface area contributed by atoms with Gasteiger partial charge in [0.25, 0.3) is 5.69 Å². The summed E-state index contributed by atoms with van der Waals surface area (Å²) < 4.78 is 1.91. The molecule has 13 heteroatoms. The monoisotopic (exact) mass is 603 g/mol. The van der Waals surface area contributed by atoms with Gasteiger partial charge in [0.2, 0.25) is 5.95 Å². The van der Waals surface area contributed by atoms with Gasteiger partial charge < -0.3 is 25.0 Å². The van der Waals surface area contributed by atoms with E-state index in [9.17, 15) is 14.9 Å². The van der Waals surface area contributed by atoms with Gasteiger partial charge in [-0.3, -0.25) is 10.1 Å². The number of benzene rings is 2. The Kier molecular flexibility index (Phi) is 8.55. The van der Waals surface area contributed by atoms with Gasteiger partial charge in [-0.25, -0.2) is 9.78 Å². The van der Waals surface area contributed by atoms with Crippen LogP contribution in [0.3, 0.4) is 0 Å². The summed E-state index contributed by atoms with van der Waals surface area (Å²) in [6.45, 7) is 3.24. The summed E-state index contributed by atoms with van der Waals surface area (Å²) in [6, 6.07) is 14.4. The van der Waals surface area contributed by atoms with Crippen molar-refractivity contribution in [2.24, 2.45) is 0 Å². The third-order valence-corrected chi connectivity index (χ3v) is 8.51. The smallest absolute Gasteiger partial charge is 0.317 e. The molecule has 1 saturated heterocycles. The van der Waals surface area contributed by atoms with Crippen LogP contribution in [-0.2, 0) is 13.1 Å². The minimum atomic E-state index is -0.411. The van der Waals surface area contributed by atoms with Crippen LogP contribution in [0.4, 0.5) is 22.2 Å². The molecule has 0 bridgehead atoms. The standard InChI is InChI=1S/C30H34ClN9O3/c31-25-9-5-4-6-22(25)18-32-27-26-28(39(20-33-26)19-21-10-12-24(13-11-21)40(42)43)36-29(35-27)37-14-16-38(17-15-37)30(41)34-23-7-2-1-3-8-23/h4-6,9-13,20,23H,1-3,7-8,14-19H2,(H,34,41)(H,32,35,36). The second-order valence-electron chi connectivity index (χ2n) is 11.0. The highest BCUT2D eigenvalue weighted by atomic mass is 35.5. The first-order valence-electron chi connectivity index (χ1n) is 14.7. The summed E-state index contributed by atoms with van der Waals surface area (Å²) in [5, 5.41) is 18.4. The highest BCUT2D eigenvalue weighted by Crippen LogP contribution is 2.26. The Morgan fingerprint density at radius 1 is 1.00 bits per heavy atom. The van der Waals surface area contributed by atoms with Crippen molar-refractivity contribution in [3.8, 4) is 0 Å². The number of anilines is 2. The molecule has 2 fully saturated rings. The van der Waals surface area contributed by atoms with E-state index >= 15 is 0 Å². The van der Waals surface area contributed by atoms with Crippen LogP contribution in [0, 0.1) is 10.1 Å². The number of amides is 2. The number of nitro benzene ring substituents is 1. The molecule has 1 saturated carbocycles. The highest BCUT2D eigenvalue weighted by Gasteiger charge is 2.26. The average Bonchev–Trinajstić information content (AvgIpc) is 3.44. The predicted molar refractivity (Wildman–Crippen MR) is 165 cm³/mol. The number of fused-ring (bicyclic) bond motifs is 1. The van der Waals surface area contributed by atoms with E-state index in [1.807, 2.05) is 33.7 Å². The first kappa shape index (κ1) is 28.7. The van der Waals surface area contributed by atoms with Crippen molar-refractivity contribution in [1.82, 2.24) is 29.7 Å². The van der Waals surface area contributed by atoms with Gasteiger partial charge in [-0.05, 0) is 30.0 Å². The first-order valence-corrected chi connectivity index (χ1v) is 15.1. The second-order valence-corrected chi connectivity index (χ2v) is 11.5. The number of nitro groups is 1. The van der Waals surface area contributed by atoms with Gasteiger partial charge in [0.15, 0.2) is 17.0 Å². The van der Waals surface area contributed by atoms with Crippen LogP contribution in [0.5, 0.6) is 0 Å². The topological polar surface area (TPSA) is 134 Å². The van der Waals surface area contributed by atoms with Gasteiger partial charge in [0.05, 0.1) is 17.8 Å². The van der Waals surface area contributed by atoms with Crippen molar-refractivity contribution >= 4 is 46.2 Å². The lowest BCUT2D eigenvalue weighted by Crippen LogP contribution is -2.54. The summed E-state index contributed by atoms with van der Waals surface area (Å²) in [6.07, 6.45) is 7.41. The molecule has 1 aliphatic heterocycles. The molecule has 1 aliphatic carbocycles. The number of hydrogen-bond acceptors (Lipinski definition) is 8. The highest BCUT2D eigenvalue weighted by molar-refractivity contribution is 6.31. The quantitative estimate of drug-likeness (QED) is 0.207. The molecule has 2 aromatic heterocycles. The minimum Gasteiger partial charge on any atom is -0.364 e. The molecule has 4 aromatic rings. The van der Waals surface area contributed by atoms with Gasteiger partial charge in [-0.2, -0.15) is 9.97 Å². The van der Waals surface area contributed by atoms with Crippen LogP contribution in [0.15, 0.2) is 54.9 Å². The summed E-state index contributed by atoms with van der Waals surface area (Å²) in [5.74, 6) is 1.13. The fraction of sp³-hybridized carbons (Fsp3) is 0.400. The van der Waals surface area contributed by atoms with Crippen molar-refractivity contribution in [2.75, 3.05) is 36.4 Å². The number of non-ortho nitro benzene ring substituents is 1. The Morgan fingerprint density at radius 3 is 2.47 bits per heavy atom. The maximum atomic E-state index is 12.9. The van der Waals surface area contributed by atoms with E-state index in [0.29, 0.717) is 67.2 Å². The zero-order valence-corrected chi connectivity index (χ0v) is 24.5. The third-order valence-electron chi connectivity index (χ3n) is 8.14. The summed E-state index contributed by atoms with van der Waals surface area (Å²) in [7, 11) is 0. The van der Waals surface area contributed by atoms with Crippen molar-refractivity contribution in [1.29, 1.82) is 0 Å². The molecule has 3 heterocycles. The Hall–Kier alpha value is -4.45. The number of nitrogens with zero attached hydrogens (tertiary/aromatic N) is 7. The van der Waals surface area contributed by atoms with E-state index in [2.05, 4.69) is 20.5 Å². The molecule has 2 amide bonds. The van der Waals surface area contributed by atoms with Crippen LogP contribution < -0.4 is 15.5 Å². The number of urea groups is 1. The fourth-order valence-electron chi connectivity index (χ4n) is 5.68. The van der Waals surface area contributed by atoms with Gasteiger partial charge in [0, 0.05) is 55.9 Å².